The van der Waals surface area contributed by atoms with Crippen LogP contribution in [0.3, 0.4) is 0 Å². The van der Waals surface area contributed by atoms with E-state index in [-0.39, 0.29) is 12.5 Å². The fourth-order valence-corrected chi connectivity index (χ4v) is 2.67. The van der Waals surface area contributed by atoms with Crippen LogP contribution in [0.4, 0.5) is 11.4 Å². The summed E-state index contributed by atoms with van der Waals surface area (Å²) in [5, 5.41) is 3.20. The Kier molecular flexibility index (Phi) is 6.63. The number of rotatable bonds is 6. The number of aliphatic imine (C=N–C) groups is 1. The molecule has 0 fully saturated rings. The van der Waals surface area contributed by atoms with Gasteiger partial charge in [0.05, 0.1) is 16.4 Å². The molecule has 6 heteroatoms. The van der Waals surface area contributed by atoms with Crippen molar-refractivity contribution in [3.8, 4) is 5.75 Å². The molecule has 0 heterocycles. The minimum absolute atomic E-state index is 0.0997. The number of carbonyl (C=O) groups is 1. The number of amides is 1. The lowest BCUT2D eigenvalue weighted by molar-refractivity contribution is -0.118. The third-order valence-corrected chi connectivity index (χ3v) is 4.45. The number of para-hydroxylation sites is 1. The lowest BCUT2D eigenvalue weighted by Crippen LogP contribution is -2.20. The molecule has 0 radical (unpaired) electrons. The molecule has 3 aromatic rings. The van der Waals surface area contributed by atoms with Crippen LogP contribution < -0.4 is 10.1 Å². The van der Waals surface area contributed by atoms with Gasteiger partial charge in [0.25, 0.3) is 5.91 Å². The van der Waals surface area contributed by atoms with Gasteiger partial charge in [-0.15, -0.1) is 0 Å². The Morgan fingerprint density at radius 2 is 1.74 bits per heavy atom. The van der Waals surface area contributed by atoms with Gasteiger partial charge in [-0.25, -0.2) is 0 Å². The lowest BCUT2D eigenvalue weighted by Gasteiger charge is -2.08. The number of benzene rings is 3. The summed E-state index contributed by atoms with van der Waals surface area (Å²) in [5.41, 5.74) is 2.37. The van der Waals surface area contributed by atoms with Crippen molar-refractivity contribution in [3.05, 3.63) is 87.9 Å². The highest BCUT2D eigenvalue weighted by Gasteiger charge is 2.06. The van der Waals surface area contributed by atoms with E-state index >= 15 is 0 Å². The molecule has 0 aliphatic carbocycles. The van der Waals surface area contributed by atoms with Crippen molar-refractivity contribution >= 4 is 51.0 Å². The summed E-state index contributed by atoms with van der Waals surface area (Å²) in [6.45, 7) is -0.0997. The lowest BCUT2D eigenvalue weighted by atomic mass is 10.2. The Bertz CT molecular complexity index is 941. The van der Waals surface area contributed by atoms with E-state index < -0.39 is 0 Å². The van der Waals surface area contributed by atoms with Crippen LogP contribution in [0.2, 0.25) is 5.02 Å². The highest BCUT2D eigenvalue weighted by molar-refractivity contribution is 9.10. The molecule has 0 bridgehead atoms. The van der Waals surface area contributed by atoms with E-state index in [2.05, 4.69) is 26.2 Å². The van der Waals surface area contributed by atoms with Crippen LogP contribution in [-0.2, 0) is 4.79 Å². The maximum Gasteiger partial charge on any atom is 0.262 e. The number of hydrogen-bond donors (Lipinski definition) is 1. The molecular formula is C21H16BrClN2O2. The summed E-state index contributed by atoms with van der Waals surface area (Å²) in [6.07, 6.45) is 1.77. The summed E-state index contributed by atoms with van der Waals surface area (Å²) >= 11 is 9.41. The van der Waals surface area contributed by atoms with Crippen LogP contribution in [-0.4, -0.2) is 18.7 Å². The smallest absolute Gasteiger partial charge is 0.262 e. The first-order valence-corrected chi connectivity index (χ1v) is 9.34. The number of hydrogen-bond acceptors (Lipinski definition) is 3. The van der Waals surface area contributed by atoms with Crippen molar-refractivity contribution in [1.29, 1.82) is 0 Å². The van der Waals surface area contributed by atoms with Gasteiger partial charge in [0.2, 0.25) is 0 Å². The van der Waals surface area contributed by atoms with Gasteiger partial charge < -0.3 is 10.1 Å². The van der Waals surface area contributed by atoms with Gasteiger partial charge in [-0.05, 0) is 66.2 Å². The van der Waals surface area contributed by atoms with Crippen LogP contribution in [0.5, 0.6) is 5.75 Å². The van der Waals surface area contributed by atoms with E-state index in [1.807, 2.05) is 36.4 Å². The van der Waals surface area contributed by atoms with Gasteiger partial charge in [-0.3, -0.25) is 9.79 Å². The summed E-state index contributed by atoms with van der Waals surface area (Å²) in [6, 6.07) is 22.1. The predicted octanol–water partition coefficient (Wildman–Crippen LogP) is 5.87. The number of ether oxygens (including phenoxy) is 1. The molecule has 0 spiro atoms. The van der Waals surface area contributed by atoms with E-state index in [0.717, 1.165) is 15.7 Å². The van der Waals surface area contributed by atoms with Gasteiger partial charge in [0.1, 0.15) is 5.75 Å². The number of nitrogens with zero attached hydrogens (tertiary/aromatic N) is 1. The summed E-state index contributed by atoms with van der Waals surface area (Å²) < 4.78 is 6.52. The normalized spacial score (nSPS) is 10.7. The first-order valence-electron chi connectivity index (χ1n) is 8.17. The van der Waals surface area contributed by atoms with Crippen LogP contribution in [0.1, 0.15) is 5.56 Å². The third-order valence-electron chi connectivity index (χ3n) is 3.59. The zero-order chi connectivity index (χ0) is 19.1. The molecule has 0 aromatic heterocycles. The Morgan fingerprint density at radius 3 is 2.44 bits per heavy atom. The Hall–Kier alpha value is -2.63. The molecule has 1 N–H and O–H groups in total. The first kappa shape index (κ1) is 19.1. The second-order valence-electron chi connectivity index (χ2n) is 5.62. The van der Waals surface area contributed by atoms with Crippen molar-refractivity contribution in [1.82, 2.24) is 0 Å². The molecular weight excluding hydrogens is 428 g/mol. The van der Waals surface area contributed by atoms with Crippen molar-refractivity contribution < 1.29 is 9.53 Å². The van der Waals surface area contributed by atoms with E-state index in [4.69, 9.17) is 16.3 Å². The molecule has 3 aromatic carbocycles. The largest absolute Gasteiger partial charge is 0.484 e. The average molecular weight is 444 g/mol. The standard InChI is InChI=1S/C21H16BrClN2O2/c22-16-7-9-17(10-8-16)24-13-15-5-11-18(12-6-15)27-14-21(26)25-20-4-2-1-3-19(20)23/h1-13H,14H2,(H,25,26). The molecule has 0 saturated heterocycles. The summed E-state index contributed by atoms with van der Waals surface area (Å²) in [5.74, 6) is 0.328. The first-order chi connectivity index (χ1) is 13.1. The maximum absolute atomic E-state index is 12.0. The SMILES string of the molecule is O=C(COc1ccc(C=Nc2ccc(Br)cc2)cc1)Nc1ccccc1Cl. The molecule has 27 heavy (non-hydrogen) atoms. The van der Waals surface area contributed by atoms with Crippen LogP contribution in [0, 0.1) is 0 Å². The molecule has 0 aliphatic rings. The van der Waals surface area contributed by atoms with E-state index in [0.29, 0.717) is 16.5 Å². The van der Waals surface area contributed by atoms with E-state index in [1.165, 1.54) is 0 Å². The van der Waals surface area contributed by atoms with Gasteiger partial charge in [0, 0.05) is 10.7 Å². The van der Waals surface area contributed by atoms with Crippen molar-refractivity contribution in [3.63, 3.8) is 0 Å². The van der Waals surface area contributed by atoms with Crippen LogP contribution in [0.15, 0.2) is 82.3 Å². The van der Waals surface area contributed by atoms with Gasteiger partial charge in [0.15, 0.2) is 6.61 Å². The minimum atomic E-state index is -0.274. The topological polar surface area (TPSA) is 50.7 Å². The molecule has 136 valence electrons. The zero-order valence-corrected chi connectivity index (χ0v) is 16.6. The van der Waals surface area contributed by atoms with Crippen LogP contribution in [0.25, 0.3) is 0 Å². The van der Waals surface area contributed by atoms with E-state index in [9.17, 15) is 4.79 Å². The molecule has 4 nitrogen and oxygen atoms in total. The Balaban J connectivity index is 1.52. The van der Waals surface area contributed by atoms with Gasteiger partial charge in [-0.2, -0.15) is 0 Å². The highest BCUT2D eigenvalue weighted by atomic mass is 79.9. The maximum atomic E-state index is 12.0. The number of carbonyl (C=O) groups excluding carboxylic acids is 1. The van der Waals surface area contributed by atoms with E-state index in [1.54, 1.807) is 42.6 Å². The molecule has 0 aliphatic heterocycles. The van der Waals surface area contributed by atoms with Gasteiger partial charge >= 0.3 is 0 Å². The van der Waals surface area contributed by atoms with Crippen LogP contribution >= 0.6 is 27.5 Å². The van der Waals surface area contributed by atoms with Crippen molar-refractivity contribution in [2.24, 2.45) is 4.99 Å². The monoisotopic (exact) mass is 442 g/mol. The second kappa shape index (κ2) is 9.35. The molecule has 3 rings (SSSR count). The quantitative estimate of drug-likeness (QED) is 0.484. The zero-order valence-electron chi connectivity index (χ0n) is 14.2. The molecule has 0 unspecified atom stereocenters. The van der Waals surface area contributed by atoms with Crippen molar-refractivity contribution in [2.45, 2.75) is 0 Å². The number of halogens is 2. The highest BCUT2D eigenvalue weighted by Crippen LogP contribution is 2.20. The number of nitrogens with one attached hydrogen (secondary N) is 1. The second-order valence-corrected chi connectivity index (χ2v) is 6.94. The third kappa shape index (κ3) is 5.94. The predicted molar refractivity (Wildman–Crippen MR) is 113 cm³/mol. The Labute approximate surface area is 171 Å². The fourth-order valence-electron chi connectivity index (χ4n) is 2.22. The fraction of sp³-hybridized carbons (Fsp3) is 0.0476. The summed E-state index contributed by atoms with van der Waals surface area (Å²) in [7, 11) is 0. The molecule has 0 atom stereocenters. The molecule has 0 saturated carbocycles. The Morgan fingerprint density at radius 1 is 1.04 bits per heavy atom. The van der Waals surface area contributed by atoms with Gasteiger partial charge in [-0.1, -0.05) is 39.7 Å². The minimum Gasteiger partial charge on any atom is -0.484 e. The molecule has 1 amide bonds. The van der Waals surface area contributed by atoms with Crippen molar-refractivity contribution in [2.75, 3.05) is 11.9 Å². The summed E-state index contributed by atoms with van der Waals surface area (Å²) in [4.78, 5) is 16.4. The number of anilines is 1. The average Bonchev–Trinajstić information content (AvgIpc) is 2.68.